The first-order valence-corrected chi connectivity index (χ1v) is 12.3. The third-order valence-corrected chi connectivity index (χ3v) is 7.31. The summed E-state index contributed by atoms with van der Waals surface area (Å²) in [5.74, 6) is 1.14. The van der Waals surface area contributed by atoms with Gasteiger partial charge >= 0.3 is 0 Å². The quantitative estimate of drug-likeness (QED) is 0.549. The maximum Gasteiger partial charge on any atom is 0.258 e. The molecule has 3 aromatic rings. The number of anilines is 1. The highest BCUT2D eigenvalue weighted by atomic mass is 16.2. The SMILES string of the molecule is Cc1ncc(C2C=C(C#N)C(=NCCNC3c4ccccc4C(=O)N(C)c4ccccc43)CC2)n1C. The molecule has 2 aromatic carbocycles. The number of imidazole rings is 1. The van der Waals surface area contributed by atoms with Crippen molar-refractivity contribution in [2.75, 3.05) is 25.0 Å². The van der Waals surface area contributed by atoms with Crippen LogP contribution >= 0.6 is 0 Å². The summed E-state index contributed by atoms with van der Waals surface area (Å²) in [6, 6.07) is 18.0. The standard InChI is InChI=1S/C29H30N6O/c1-19-33-18-27(34(19)2)20-12-13-25(21(16-20)17-30)31-14-15-32-28-22-8-4-5-9-23(22)29(36)35(3)26-11-7-6-10-24(26)28/h4-11,16,18,20,28,32H,12-15H2,1-3H3. The van der Waals surface area contributed by atoms with E-state index in [0.29, 0.717) is 24.2 Å². The molecule has 5 rings (SSSR count). The predicted molar refractivity (Wildman–Crippen MR) is 141 cm³/mol. The topological polar surface area (TPSA) is 86.3 Å². The number of aryl methyl sites for hydroxylation is 1. The van der Waals surface area contributed by atoms with E-state index in [1.807, 2.05) is 75.8 Å². The molecule has 7 heteroatoms. The lowest BCUT2D eigenvalue weighted by molar-refractivity contribution is 0.0993. The van der Waals surface area contributed by atoms with Gasteiger partial charge in [-0.05, 0) is 43.0 Å². The predicted octanol–water partition coefficient (Wildman–Crippen LogP) is 4.47. The van der Waals surface area contributed by atoms with Crippen molar-refractivity contribution >= 4 is 17.3 Å². The van der Waals surface area contributed by atoms with E-state index in [0.717, 1.165) is 46.9 Å². The number of nitrogens with zero attached hydrogens (tertiary/aromatic N) is 5. The van der Waals surface area contributed by atoms with Crippen LogP contribution in [0.3, 0.4) is 0 Å². The monoisotopic (exact) mass is 478 g/mol. The van der Waals surface area contributed by atoms with Crippen LogP contribution in [0.15, 0.2) is 71.4 Å². The number of carbonyl (C=O) groups is 1. The number of carbonyl (C=O) groups excluding carboxylic acids is 1. The van der Waals surface area contributed by atoms with Gasteiger partial charge in [0.15, 0.2) is 0 Å². The van der Waals surface area contributed by atoms with E-state index in [1.54, 1.807) is 4.90 Å². The molecule has 1 aromatic heterocycles. The van der Waals surface area contributed by atoms with Crippen molar-refractivity contribution in [3.05, 3.63) is 94.6 Å². The van der Waals surface area contributed by atoms with Crippen LogP contribution in [0.2, 0.25) is 0 Å². The molecule has 0 bridgehead atoms. The van der Waals surface area contributed by atoms with Gasteiger partial charge in [-0.25, -0.2) is 4.98 Å². The van der Waals surface area contributed by atoms with E-state index < -0.39 is 0 Å². The van der Waals surface area contributed by atoms with Crippen LogP contribution in [0.1, 0.15) is 57.8 Å². The highest BCUT2D eigenvalue weighted by Gasteiger charge is 2.30. The number of benzene rings is 2. The highest BCUT2D eigenvalue weighted by molar-refractivity contribution is 6.08. The molecule has 36 heavy (non-hydrogen) atoms. The normalized spacial score (nSPS) is 20.4. The summed E-state index contributed by atoms with van der Waals surface area (Å²) in [6.07, 6.45) is 5.62. The van der Waals surface area contributed by atoms with Crippen LogP contribution in [0, 0.1) is 18.3 Å². The van der Waals surface area contributed by atoms with Crippen molar-refractivity contribution < 1.29 is 4.79 Å². The van der Waals surface area contributed by atoms with Gasteiger partial charge in [0.05, 0.1) is 23.9 Å². The van der Waals surface area contributed by atoms with Crippen LogP contribution in [-0.2, 0) is 7.05 Å². The molecule has 2 unspecified atom stereocenters. The Balaban J connectivity index is 1.34. The number of rotatable bonds is 5. The Morgan fingerprint density at radius 1 is 1.14 bits per heavy atom. The second kappa shape index (κ2) is 9.92. The van der Waals surface area contributed by atoms with Crippen molar-refractivity contribution in [2.24, 2.45) is 12.0 Å². The van der Waals surface area contributed by atoms with E-state index in [4.69, 9.17) is 4.99 Å². The number of hydrogen-bond donors (Lipinski definition) is 1. The molecule has 0 saturated carbocycles. The number of nitrogens with one attached hydrogen (secondary N) is 1. The molecule has 1 aliphatic heterocycles. The molecule has 2 atom stereocenters. The number of allylic oxidation sites excluding steroid dienone is 2. The Bertz CT molecular complexity index is 1410. The third kappa shape index (κ3) is 4.25. The van der Waals surface area contributed by atoms with Gasteiger partial charge in [-0.1, -0.05) is 42.5 Å². The third-order valence-electron chi connectivity index (χ3n) is 7.31. The lowest BCUT2D eigenvalue weighted by Gasteiger charge is -2.22. The molecule has 0 radical (unpaired) electrons. The van der Waals surface area contributed by atoms with Crippen molar-refractivity contribution in [2.45, 2.75) is 31.7 Å². The second-order valence-corrected chi connectivity index (χ2v) is 9.35. The molecule has 0 spiro atoms. The first kappa shape index (κ1) is 23.7. The van der Waals surface area contributed by atoms with Crippen LogP contribution in [0.25, 0.3) is 0 Å². The fourth-order valence-electron chi connectivity index (χ4n) is 5.23. The van der Waals surface area contributed by atoms with Gasteiger partial charge in [0.2, 0.25) is 0 Å². The fourth-order valence-corrected chi connectivity index (χ4v) is 5.23. The molecule has 7 nitrogen and oxygen atoms in total. The number of para-hydroxylation sites is 1. The minimum atomic E-state index is -0.124. The molecule has 1 N–H and O–H groups in total. The first-order chi connectivity index (χ1) is 17.5. The number of aromatic nitrogens is 2. The minimum Gasteiger partial charge on any atom is -0.335 e. The number of fused-ring (bicyclic) bond motifs is 2. The average molecular weight is 479 g/mol. The van der Waals surface area contributed by atoms with Crippen LogP contribution in [-0.4, -0.2) is 41.3 Å². The molecular weight excluding hydrogens is 448 g/mol. The molecule has 0 saturated heterocycles. The summed E-state index contributed by atoms with van der Waals surface area (Å²) in [4.78, 5) is 24.1. The summed E-state index contributed by atoms with van der Waals surface area (Å²) in [6.45, 7) is 3.16. The van der Waals surface area contributed by atoms with Crippen molar-refractivity contribution in [1.82, 2.24) is 14.9 Å². The maximum atomic E-state index is 13.1. The second-order valence-electron chi connectivity index (χ2n) is 9.35. The smallest absolute Gasteiger partial charge is 0.258 e. The average Bonchev–Trinajstić information content (AvgIpc) is 3.21. The molecule has 0 fully saturated rings. The number of aliphatic imine (C=N–C) groups is 1. The molecule has 1 amide bonds. The largest absolute Gasteiger partial charge is 0.335 e. The van der Waals surface area contributed by atoms with Gasteiger partial charge in [0, 0.05) is 49.7 Å². The van der Waals surface area contributed by atoms with Crippen LogP contribution < -0.4 is 10.2 Å². The van der Waals surface area contributed by atoms with Gasteiger partial charge in [-0.15, -0.1) is 0 Å². The first-order valence-electron chi connectivity index (χ1n) is 12.3. The fraction of sp³-hybridized carbons (Fsp3) is 0.310. The Labute approximate surface area is 211 Å². The number of amides is 1. The lowest BCUT2D eigenvalue weighted by atomic mass is 9.87. The molecule has 2 heterocycles. The zero-order chi connectivity index (χ0) is 25.2. The Kier molecular flexibility index (Phi) is 6.53. The summed E-state index contributed by atoms with van der Waals surface area (Å²) in [5, 5.41) is 13.4. The molecule has 182 valence electrons. The molecule has 1 aliphatic carbocycles. The van der Waals surface area contributed by atoms with Gasteiger partial charge in [-0.3, -0.25) is 9.79 Å². The highest BCUT2D eigenvalue weighted by Crippen LogP contribution is 2.36. The van der Waals surface area contributed by atoms with E-state index in [1.165, 1.54) is 0 Å². The van der Waals surface area contributed by atoms with Gasteiger partial charge < -0.3 is 14.8 Å². The summed E-state index contributed by atoms with van der Waals surface area (Å²) in [5.41, 5.74) is 6.30. The Morgan fingerprint density at radius 3 is 2.64 bits per heavy atom. The number of hydrogen-bond acceptors (Lipinski definition) is 5. The van der Waals surface area contributed by atoms with Gasteiger partial charge in [0.1, 0.15) is 11.9 Å². The van der Waals surface area contributed by atoms with Crippen LogP contribution in [0.4, 0.5) is 5.69 Å². The van der Waals surface area contributed by atoms with E-state index in [2.05, 4.69) is 27.0 Å². The van der Waals surface area contributed by atoms with Gasteiger partial charge in [-0.2, -0.15) is 5.26 Å². The Morgan fingerprint density at radius 2 is 1.89 bits per heavy atom. The summed E-state index contributed by atoms with van der Waals surface area (Å²) >= 11 is 0. The zero-order valence-electron chi connectivity index (χ0n) is 20.9. The van der Waals surface area contributed by atoms with Crippen molar-refractivity contribution in [3.63, 3.8) is 0 Å². The van der Waals surface area contributed by atoms with E-state index in [-0.39, 0.29) is 17.9 Å². The van der Waals surface area contributed by atoms with Crippen LogP contribution in [0.5, 0.6) is 0 Å². The molecular formula is C29H30N6O. The Hall–Kier alpha value is -4.02. The zero-order valence-corrected chi connectivity index (χ0v) is 20.9. The van der Waals surface area contributed by atoms with Crippen molar-refractivity contribution in [3.8, 4) is 6.07 Å². The minimum absolute atomic E-state index is 0.00762. The summed E-state index contributed by atoms with van der Waals surface area (Å²) in [7, 11) is 3.84. The van der Waals surface area contributed by atoms with Crippen molar-refractivity contribution in [1.29, 1.82) is 5.26 Å². The van der Waals surface area contributed by atoms with E-state index in [9.17, 15) is 10.1 Å². The number of nitriles is 1. The summed E-state index contributed by atoms with van der Waals surface area (Å²) < 4.78 is 2.09. The maximum absolute atomic E-state index is 13.1. The van der Waals surface area contributed by atoms with Gasteiger partial charge in [0.25, 0.3) is 5.91 Å². The lowest BCUT2D eigenvalue weighted by Crippen LogP contribution is -2.26. The molecule has 2 aliphatic rings. The van der Waals surface area contributed by atoms with E-state index >= 15 is 0 Å².